The molecule has 0 aliphatic carbocycles. The monoisotopic (exact) mass is 302 g/mol. The van der Waals surface area contributed by atoms with E-state index in [2.05, 4.69) is 54.0 Å². The van der Waals surface area contributed by atoms with Crippen molar-refractivity contribution in [2.24, 2.45) is 10.7 Å². The van der Waals surface area contributed by atoms with Crippen molar-refractivity contribution in [2.45, 2.75) is 39.2 Å². The molecule has 0 spiro atoms. The van der Waals surface area contributed by atoms with Gasteiger partial charge in [0.2, 0.25) is 0 Å². The highest BCUT2D eigenvalue weighted by Gasteiger charge is 2.18. The fourth-order valence-corrected chi connectivity index (χ4v) is 3.17. The van der Waals surface area contributed by atoms with Gasteiger partial charge in [-0.2, -0.15) is 0 Å². The van der Waals surface area contributed by atoms with Crippen LogP contribution in [0.2, 0.25) is 0 Å². The van der Waals surface area contributed by atoms with E-state index in [-0.39, 0.29) is 0 Å². The third-order valence-electron chi connectivity index (χ3n) is 4.54. The maximum absolute atomic E-state index is 6.22. The lowest BCUT2D eigenvalue weighted by Gasteiger charge is -2.31. The van der Waals surface area contributed by atoms with E-state index in [1.54, 1.807) is 0 Å². The Morgan fingerprint density at radius 2 is 1.77 bits per heavy atom. The smallest absolute Gasteiger partial charge is 0.191 e. The van der Waals surface area contributed by atoms with Crippen molar-refractivity contribution >= 4 is 5.96 Å². The molecule has 2 N–H and O–H groups in total. The highest BCUT2D eigenvalue weighted by atomic mass is 15.3. The van der Waals surface area contributed by atoms with Crippen LogP contribution in [0.15, 0.2) is 35.3 Å². The van der Waals surface area contributed by atoms with Crippen LogP contribution in [-0.4, -0.2) is 48.5 Å². The summed E-state index contributed by atoms with van der Waals surface area (Å²) in [5.74, 6) is 0.716. The molecular weight excluding hydrogens is 272 g/mol. The summed E-state index contributed by atoms with van der Waals surface area (Å²) in [5.41, 5.74) is 7.54. The Bertz CT molecular complexity index is 447. The number of hydrogen-bond acceptors (Lipinski definition) is 2. The first-order chi connectivity index (χ1) is 10.8. The van der Waals surface area contributed by atoms with Crippen molar-refractivity contribution < 1.29 is 0 Å². The van der Waals surface area contributed by atoms with Crippen LogP contribution < -0.4 is 5.73 Å². The molecule has 4 nitrogen and oxygen atoms in total. The van der Waals surface area contributed by atoms with Crippen LogP contribution in [0.3, 0.4) is 0 Å². The van der Waals surface area contributed by atoms with Crippen LogP contribution in [0.1, 0.15) is 44.7 Å². The fourth-order valence-electron chi connectivity index (χ4n) is 3.17. The minimum absolute atomic E-state index is 0.305. The Balaban J connectivity index is 2.08. The standard InChI is InChI=1S/C18H30N4/c1-3-21(4-2)17(16-11-7-5-8-12-16)15-20-18(19)22-13-9-6-10-14-22/h5,7-8,11-12,17H,3-4,6,9-10,13-15H2,1-2H3,(H2,19,20). The SMILES string of the molecule is CCN(CC)C(CN=C(N)N1CCCCC1)c1ccccc1. The molecule has 1 fully saturated rings. The lowest BCUT2D eigenvalue weighted by molar-refractivity contribution is 0.223. The molecule has 1 atom stereocenters. The second-order valence-electron chi connectivity index (χ2n) is 5.89. The maximum Gasteiger partial charge on any atom is 0.191 e. The number of likely N-dealkylation sites (N-methyl/N-ethyl adjacent to an activating group) is 1. The van der Waals surface area contributed by atoms with Crippen LogP contribution in [0, 0.1) is 0 Å². The fraction of sp³-hybridized carbons (Fsp3) is 0.611. The highest BCUT2D eigenvalue weighted by Crippen LogP contribution is 2.21. The molecular formula is C18H30N4. The third-order valence-corrected chi connectivity index (χ3v) is 4.54. The molecule has 22 heavy (non-hydrogen) atoms. The lowest BCUT2D eigenvalue weighted by Crippen LogP contribution is -2.41. The normalized spacial score (nSPS) is 17.8. The first kappa shape index (κ1) is 16.8. The van der Waals surface area contributed by atoms with Crippen LogP contribution >= 0.6 is 0 Å². The molecule has 0 amide bonds. The van der Waals surface area contributed by atoms with Crippen LogP contribution in [-0.2, 0) is 0 Å². The van der Waals surface area contributed by atoms with E-state index in [0.29, 0.717) is 12.0 Å². The molecule has 0 aromatic heterocycles. The highest BCUT2D eigenvalue weighted by molar-refractivity contribution is 5.78. The molecule has 1 aliphatic heterocycles. The summed E-state index contributed by atoms with van der Waals surface area (Å²) in [6, 6.07) is 11.0. The van der Waals surface area contributed by atoms with Gasteiger partial charge in [0.15, 0.2) is 5.96 Å². The minimum atomic E-state index is 0.305. The number of nitrogens with two attached hydrogens (primary N) is 1. The second kappa shape index (κ2) is 8.79. The van der Waals surface area contributed by atoms with Gasteiger partial charge in [-0.05, 0) is 37.9 Å². The predicted octanol–water partition coefficient (Wildman–Crippen LogP) is 2.87. The summed E-state index contributed by atoms with van der Waals surface area (Å²) in [5, 5.41) is 0. The van der Waals surface area contributed by atoms with Crippen molar-refractivity contribution in [3.05, 3.63) is 35.9 Å². The quantitative estimate of drug-likeness (QED) is 0.649. The molecule has 1 aliphatic rings. The van der Waals surface area contributed by atoms with Gasteiger partial charge >= 0.3 is 0 Å². The Kier molecular flexibility index (Phi) is 6.72. The van der Waals surface area contributed by atoms with E-state index in [1.165, 1.54) is 24.8 Å². The zero-order valence-corrected chi connectivity index (χ0v) is 14.0. The van der Waals surface area contributed by atoms with Crippen molar-refractivity contribution in [1.82, 2.24) is 9.80 Å². The molecule has 1 unspecified atom stereocenters. The molecule has 2 rings (SSSR count). The van der Waals surface area contributed by atoms with E-state index in [1.807, 2.05) is 0 Å². The first-order valence-electron chi connectivity index (χ1n) is 8.60. The number of rotatable bonds is 6. The number of piperidine rings is 1. The molecule has 1 heterocycles. The van der Waals surface area contributed by atoms with Gasteiger partial charge in [0, 0.05) is 13.1 Å². The van der Waals surface area contributed by atoms with E-state index >= 15 is 0 Å². The Hall–Kier alpha value is -1.55. The number of aliphatic imine (C=N–C) groups is 1. The van der Waals surface area contributed by atoms with E-state index in [0.717, 1.165) is 32.7 Å². The Morgan fingerprint density at radius 3 is 2.36 bits per heavy atom. The van der Waals surface area contributed by atoms with E-state index in [4.69, 9.17) is 10.7 Å². The molecule has 0 radical (unpaired) electrons. The summed E-state index contributed by atoms with van der Waals surface area (Å²) in [6.07, 6.45) is 3.78. The molecule has 1 aromatic carbocycles. The van der Waals surface area contributed by atoms with E-state index in [9.17, 15) is 0 Å². The summed E-state index contributed by atoms with van der Waals surface area (Å²) in [7, 11) is 0. The molecule has 4 heteroatoms. The summed E-state index contributed by atoms with van der Waals surface area (Å²) in [6.45, 7) is 9.29. The predicted molar refractivity (Wildman–Crippen MR) is 94.0 cm³/mol. The van der Waals surface area contributed by atoms with Gasteiger partial charge in [0.25, 0.3) is 0 Å². The van der Waals surface area contributed by atoms with Crippen molar-refractivity contribution in [2.75, 3.05) is 32.7 Å². The lowest BCUT2D eigenvalue weighted by atomic mass is 10.1. The van der Waals surface area contributed by atoms with Crippen LogP contribution in [0.25, 0.3) is 0 Å². The van der Waals surface area contributed by atoms with Gasteiger partial charge in [-0.1, -0.05) is 44.2 Å². The summed E-state index contributed by atoms with van der Waals surface area (Å²) in [4.78, 5) is 9.40. The number of hydrogen-bond donors (Lipinski definition) is 1. The molecule has 1 saturated heterocycles. The van der Waals surface area contributed by atoms with Crippen LogP contribution in [0.4, 0.5) is 0 Å². The van der Waals surface area contributed by atoms with E-state index < -0.39 is 0 Å². The van der Waals surface area contributed by atoms with Gasteiger partial charge in [-0.3, -0.25) is 9.89 Å². The number of nitrogens with zero attached hydrogens (tertiary/aromatic N) is 3. The number of guanidine groups is 1. The van der Waals surface area contributed by atoms with Gasteiger partial charge in [-0.15, -0.1) is 0 Å². The summed E-state index contributed by atoms with van der Waals surface area (Å²) >= 11 is 0. The first-order valence-corrected chi connectivity index (χ1v) is 8.60. The molecule has 1 aromatic rings. The number of likely N-dealkylation sites (tertiary alicyclic amines) is 1. The van der Waals surface area contributed by atoms with Crippen LogP contribution in [0.5, 0.6) is 0 Å². The Morgan fingerprint density at radius 1 is 1.14 bits per heavy atom. The Labute approximate surface area is 135 Å². The molecule has 0 bridgehead atoms. The molecule has 122 valence electrons. The largest absolute Gasteiger partial charge is 0.370 e. The zero-order chi connectivity index (χ0) is 15.8. The van der Waals surface area contributed by atoms with Gasteiger partial charge in [-0.25, -0.2) is 0 Å². The zero-order valence-electron chi connectivity index (χ0n) is 14.0. The van der Waals surface area contributed by atoms with Gasteiger partial charge in [0.1, 0.15) is 0 Å². The topological polar surface area (TPSA) is 44.9 Å². The van der Waals surface area contributed by atoms with Gasteiger partial charge in [0.05, 0.1) is 12.6 Å². The molecule has 0 saturated carbocycles. The average Bonchev–Trinajstić information content (AvgIpc) is 2.60. The minimum Gasteiger partial charge on any atom is -0.370 e. The second-order valence-corrected chi connectivity index (χ2v) is 5.89. The van der Waals surface area contributed by atoms with Gasteiger partial charge < -0.3 is 10.6 Å². The van der Waals surface area contributed by atoms with Crippen molar-refractivity contribution in [1.29, 1.82) is 0 Å². The van der Waals surface area contributed by atoms with Crippen molar-refractivity contribution in [3.8, 4) is 0 Å². The maximum atomic E-state index is 6.22. The third kappa shape index (κ3) is 4.47. The summed E-state index contributed by atoms with van der Waals surface area (Å²) < 4.78 is 0. The number of benzene rings is 1. The average molecular weight is 302 g/mol. The van der Waals surface area contributed by atoms with Crippen molar-refractivity contribution in [3.63, 3.8) is 0 Å².